The zero-order valence-corrected chi connectivity index (χ0v) is 20.2. The fourth-order valence-corrected chi connectivity index (χ4v) is 4.80. The summed E-state index contributed by atoms with van der Waals surface area (Å²) in [4.78, 5) is 12.5. The van der Waals surface area contributed by atoms with Crippen LogP contribution in [0.3, 0.4) is 0 Å². The fraction of sp³-hybridized carbons (Fsp3) is 0.130. The summed E-state index contributed by atoms with van der Waals surface area (Å²) < 4.78 is 67.7. The normalized spacial score (nSPS) is 12.3. The molecule has 0 saturated carbocycles. The standard InChI is InChI=1S/C23H19BrF3N3O3S/c1-16(17-7-5-9-19(24)13-17)28-29-22(31)15-30(34(32,33)21-11-3-2-4-12-21)20-10-6-8-18(14-20)23(25,26)27/h2-14H,15H2,1H3,(H,29,31)/b28-16-. The van der Waals surface area contributed by atoms with Crippen molar-refractivity contribution < 1.29 is 26.4 Å². The topological polar surface area (TPSA) is 78.8 Å². The highest BCUT2D eigenvalue weighted by molar-refractivity contribution is 9.10. The van der Waals surface area contributed by atoms with Crippen LogP contribution in [-0.4, -0.2) is 26.6 Å². The molecule has 178 valence electrons. The van der Waals surface area contributed by atoms with Gasteiger partial charge in [0.1, 0.15) is 6.54 Å². The third-order valence-electron chi connectivity index (χ3n) is 4.67. The molecule has 6 nitrogen and oxygen atoms in total. The Balaban J connectivity index is 1.93. The van der Waals surface area contributed by atoms with Gasteiger partial charge in [-0.1, -0.05) is 52.3 Å². The molecule has 0 atom stereocenters. The highest BCUT2D eigenvalue weighted by Crippen LogP contribution is 2.33. The van der Waals surface area contributed by atoms with E-state index in [1.807, 2.05) is 6.07 Å². The van der Waals surface area contributed by atoms with Crippen LogP contribution in [0.25, 0.3) is 0 Å². The highest BCUT2D eigenvalue weighted by Gasteiger charge is 2.33. The Morgan fingerprint density at radius 1 is 1.00 bits per heavy atom. The zero-order valence-electron chi connectivity index (χ0n) is 17.8. The molecule has 34 heavy (non-hydrogen) atoms. The van der Waals surface area contributed by atoms with Gasteiger partial charge in [0, 0.05) is 4.47 Å². The third kappa shape index (κ3) is 6.23. The van der Waals surface area contributed by atoms with Crippen LogP contribution in [0.4, 0.5) is 18.9 Å². The molecule has 3 aromatic rings. The summed E-state index contributed by atoms with van der Waals surface area (Å²) in [6.07, 6.45) is -4.69. The predicted molar refractivity (Wildman–Crippen MR) is 127 cm³/mol. The Labute approximate surface area is 203 Å². The molecule has 0 unspecified atom stereocenters. The molecule has 1 N–H and O–H groups in total. The molecule has 0 aliphatic heterocycles. The molecular weight excluding hydrogens is 535 g/mol. The Morgan fingerprint density at radius 2 is 1.68 bits per heavy atom. The summed E-state index contributed by atoms with van der Waals surface area (Å²) >= 11 is 3.34. The van der Waals surface area contributed by atoms with E-state index in [4.69, 9.17) is 0 Å². The van der Waals surface area contributed by atoms with E-state index in [0.717, 1.165) is 16.6 Å². The number of anilines is 1. The van der Waals surface area contributed by atoms with E-state index in [9.17, 15) is 26.4 Å². The maximum absolute atomic E-state index is 13.3. The minimum absolute atomic E-state index is 0.172. The van der Waals surface area contributed by atoms with Crippen LogP contribution in [0, 0.1) is 0 Å². The van der Waals surface area contributed by atoms with Crippen molar-refractivity contribution in [3.63, 3.8) is 0 Å². The maximum atomic E-state index is 13.3. The van der Waals surface area contributed by atoms with Crippen molar-refractivity contribution in [1.82, 2.24) is 5.43 Å². The Morgan fingerprint density at radius 3 is 2.32 bits per heavy atom. The predicted octanol–water partition coefficient (Wildman–Crippen LogP) is 5.20. The minimum atomic E-state index is -4.69. The van der Waals surface area contributed by atoms with Gasteiger partial charge in [0.2, 0.25) is 0 Å². The zero-order chi connectivity index (χ0) is 24.9. The Hall–Kier alpha value is -3.18. The van der Waals surface area contributed by atoms with Crippen molar-refractivity contribution in [3.05, 3.63) is 94.5 Å². The summed E-state index contributed by atoms with van der Waals surface area (Å²) in [6, 6.07) is 18.1. The van der Waals surface area contributed by atoms with E-state index in [2.05, 4.69) is 26.5 Å². The average molecular weight is 554 g/mol. The number of hydrogen-bond acceptors (Lipinski definition) is 4. The first-order valence-electron chi connectivity index (χ1n) is 9.82. The van der Waals surface area contributed by atoms with Gasteiger partial charge in [0.15, 0.2) is 0 Å². The maximum Gasteiger partial charge on any atom is 0.416 e. The van der Waals surface area contributed by atoms with Crippen LogP contribution in [0.2, 0.25) is 0 Å². The van der Waals surface area contributed by atoms with Crippen molar-refractivity contribution in [3.8, 4) is 0 Å². The van der Waals surface area contributed by atoms with E-state index in [1.165, 1.54) is 30.3 Å². The lowest BCUT2D eigenvalue weighted by Gasteiger charge is -2.24. The lowest BCUT2D eigenvalue weighted by molar-refractivity contribution is -0.137. The third-order valence-corrected chi connectivity index (χ3v) is 6.95. The number of nitrogens with zero attached hydrogens (tertiary/aromatic N) is 2. The number of amides is 1. The van der Waals surface area contributed by atoms with Crippen molar-refractivity contribution in [1.29, 1.82) is 0 Å². The van der Waals surface area contributed by atoms with Crippen molar-refractivity contribution in [2.24, 2.45) is 5.10 Å². The number of sulfonamides is 1. The summed E-state index contributed by atoms with van der Waals surface area (Å²) in [6.45, 7) is 0.862. The molecule has 0 fully saturated rings. The van der Waals surface area contributed by atoms with Crippen molar-refractivity contribution >= 4 is 43.3 Å². The molecule has 0 saturated heterocycles. The van der Waals surface area contributed by atoms with E-state index in [0.29, 0.717) is 21.6 Å². The smallest absolute Gasteiger partial charge is 0.271 e. The second-order valence-corrected chi connectivity index (χ2v) is 9.89. The van der Waals surface area contributed by atoms with Gasteiger partial charge in [-0.15, -0.1) is 0 Å². The van der Waals surface area contributed by atoms with Gasteiger partial charge in [0.05, 0.1) is 21.9 Å². The molecular formula is C23H19BrF3N3O3S. The molecule has 0 bridgehead atoms. The van der Waals surface area contributed by atoms with Gasteiger partial charge in [0.25, 0.3) is 15.9 Å². The number of nitrogens with one attached hydrogen (secondary N) is 1. The van der Waals surface area contributed by atoms with Crippen LogP contribution in [0.15, 0.2) is 93.3 Å². The van der Waals surface area contributed by atoms with Crippen molar-refractivity contribution in [2.45, 2.75) is 18.0 Å². The van der Waals surface area contributed by atoms with Gasteiger partial charge < -0.3 is 0 Å². The van der Waals surface area contributed by atoms with E-state index in [1.54, 1.807) is 31.2 Å². The molecule has 11 heteroatoms. The Kier molecular flexibility index (Phi) is 7.78. The number of carbonyl (C=O) groups is 1. The SMILES string of the molecule is C/C(=N/NC(=O)CN(c1cccc(C(F)(F)F)c1)S(=O)(=O)c1ccccc1)c1cccc(Br)c1. The summed E-state index contributed by atoms with van der Waals surface area (Å²) in [5, 5.41) is 3.99. The lowest BCUT2D eigenvalue weighted by Crippen LogP contribution is -2.39. The Bertz CT molecular complexity index is 1310. The van der Waals surface area contributed by atoms with Crippen LogP contribution >= 0.6 is 15.9 Å². The van der Waals surface area contributed by atoms with Crippen LogP contribution < -0.4 is 9.73 Å². The van der Waals surface area contributed by atoms with Gasteiger partial charge >= 0.3 is 6.18 Å². The number of rotatable bonds is 7. The number of carbonyl (C=O) groups excluding carboxylic acids is 1. The largest absolute Gasteiger partial charge is 0.416 e. The molecule has 1 amide bonds. The first kappa shape index (κ1) is 25.4. The lowest BCUT2D eigenvalue weighted by atomic mass is 10.1. The quantitative estimate of drug-likeness (QED) is 0.322. The first-order valence-corrected chi connectivity index (χ1v) is 12.1. The van der Waals surface area contributed by atoms with Gasteiger partial charge in [-0.25, -0.2) is 13.8 Å². The molecule has 0 heterocycles. The number of hydrogen-bond donors (Lipinski definition) is 1. The molecule has 0 spiro atoms. The van der Waals surface area contributed by atoms with Gasteiger partial charge in [-0.05, 0) is 55.0 Å². The molecule has 0 aromatic heterocycles. The minimum Gasteiger partial charge on any atom is -0.271 e. The first-order chi connectivity index (χ1) is 16.0. The molecule has 0 radical (unpaired) electrons. The van der Waals surface area contributed by atoms with E-state index >= 15 is 0 Å². The van der Waals surface area contributed by atoms with E-state index in [-0.39, 0.29) is 10.6 Å². The van der Waals surface area contributed by atoms with Crippen LogP contribution in [-0.2, 0) is 21.0 Å². The van der Waals surface area contributed by atoms with Gasteiger partial charge in [-0.3, -0.25) is 9.10 Å². The summed E-state index contributed by atoms with van der Waals surface area (Å²) in [5.41, 5.74) is 2.09. The second-order valence-electron chi connectivity index (χ2n) is 7.12. The average Bonchev–Trinajstić information content (AvgIpc) is 2.81. The molecule has 0 aliphatic carbocycles. The van der Waals surface area contributed by atoms with Crippen LogP contribution in [0.5, 0.6) is 0 Å². The summed E-state index contributed by atoms with van der Waals surface area (Å²) in [5.74, 6) is -0.828. The number of hydrazone groups is 1. The van der Waals surface area contributed by atoms with Gasteiger partial charge in [-0.2, -0.15) is 18.3 Å². The number of halogens is 4. The summed E-state index contributed by atoms with van der Waals surface area (Å²) in [7, 11) is -4.36. The molecule has 3 rings (SSSR count). The second kappa shape index (κ2) is 10.4. The monoisotopic (exact) mass is 553 g/mol. The number of benzene rings is 3. The highest BCUT2D eigenvalue weighted by atomic mass is 79.9. The molecule has 0 aliphatic rings. The van der Waals surface area contributed by atoms with Crippen LogP contribution in [0.1, 0.15) is 18.1 Å². The fourth-order valence-electron chi connectivity index (χ4n) is 2.96. The number of alkyl halides is 3. The molecule has 3 aromatic carbocycles. The van der Waals surface area contributed by atoms with Crippen molar-refractivity contribution in [2.75, 3.05) is 10.8 Å². The van der Waals surface area contributed by atoms with E-state index < -0.39 is 34.2 Å².